The van der Waals surface area contributed by atoms with Crippen molar-refractivity contribution >= 4 is 27.7 Å². The lowest BCUT2D eigenvalue weighted by molar-refractivity contribution is 0.0600. The van der Waals surface area contributed by atoms with E-state index in [0.717, 1.165) is 25.2 Å². The number of hydrogen-bond acceptors (Lipinski definition) is 2. The highest BCUT2D eigenvalue weighted by molar-refractivity contribution is 9.10. The molecule has 0 radical (unpaired) electrons. The summed E-state index contributed by atoms with van der Waals surface area (Å²) in [6.45, 7) is 0.916. The summed E-state index contributed by atoms with van der Waals surface area (Å²) in [6.07, 6.45) is 2.16. The van der Waals surface area contributed by atoms with E-state index in [1.54, 1.807) is 0 Å². The van der Waals surface area contributed by atoms with Crippen molar-refractivity contribution in [3.05, 3.63) is 33.8 Å². The Labute approximate surface area is 96.3 Å². The lowest BCUT2D eigenvalue weighted by Crippen LogP contribution is -2.24. The summed E-state index contributed by atoms with van der Waals surface area (Å²) in [5.41, 5.74) is 2.91. The van der Waals surface area contributed by atoms with Crippen LogP contribution in [0.5, 0.6) is 0 Å². The Bertz CT molecular complexity index is 372. The Kier molecular flexibility index (Phi) is 2.15. The van der Waals surface area contributed by atoms with E-state index in [0.29, 0.717) is 0 Å². The maximum atomic E-state index is 5.87. The van der Waals surface area contributed by atoms with E-state index < -0.39 is 0 Å². The largest absolute Gasteiger partial charge is 0.363 e. The third-order valence-corrected chi connectivity index (χ3v) is 4.70. The molecule has 1 saturated heterocycles. The van der Waals surface area contributed by atoms with Crippen LogP contribution in [0, 0.1) is 0 Å². The first-order chi connectivity index (χ1) is 6.77. The first-order valence-electron chi connectivity index (χ1n) is 4.83. The van der Waals surface area contributed by atoms with Gasteiger partial charge in [0.05, 0.1) is 6.61 Å². The summed E-state index contributed by atoms with van der Waals surface area (Å²) in [5.74, 6) is 1.15. The van der Waals surface area contributed by atoms with Crippen molar-refractivity contribution < 1.29 is 4.74 Å². The predicted molar refractivity (Wildman–Crippen MR) is 62.7 cm³/mol. The average molecular weight is 271 g/mol. The van der Waals surface area contributed by atoms with E-state index in [1.165, 1.54) is 15.6 Å². The molecule has 1 aromatic carbocycles. The number of benzene rings is 1. The van der Waals surface area contributed by atoms with Crippen LogP contribution in [0.2, 0.25) is 0 Å². The van der Waals surface area contributed by atoms with Gasteiger partial charge in [-0.15, -0.1) is 11.8 Å². The molecule has 1 aliphatic carbocycles. The molecule has 2 aliphatic rings. The van der Waals surface area contributed by atoms with Crippen molar-refractivity contribution in [1.29, 1.82) is 0 Å². The standard InChI is InChI=1S/C11H11BrOS/c12-10-2-1-8-6-11(7-9(8)5-10)13-3-4-14-11/h1-2,5H,3-4,6-7H2. The molecule has 0 bridgehead atoms. The summed E-state index contributed by atoms with van der Waals surface area (Å²) in [5, 5.41) is 0. The first kappa shape index (κ1) is 9.25. The molecule has 0 aromatic heterocycles. The summed E-state index contributed by atoms with van der Waals surface area (Å²) >= 11 is 5.49. The highest BCUT2D eigenvalue weighted by Gasteiger charge is 2.41. The zero-order chi connectivity index (χ0) is 9.60. The summed E-state index contributed by atoms with van der Waals surface area (Å²) in [6, 6.07) is 6.57. The molecule has 0 N–H and O–H groups in total. The van der Waals surface area contributed by atoms with Crippen LogP contribution in [0.4, 0.5) is 0 Å². The van der Waals surface area contributed by atoms with Gasteiger partial charge in [0.1, 0.15) is 4.93 Å². The highest BCUT2D eigenvalue weighted by Crippen LogP contribution is 2.44. The Morgan fingerprint density at radius 2 is 2.14 bits per heavy atom. The van der Waals surface area contributed by atoms with Gasteiger partial charge in [0, 0.05) is 23.1 Å². The highest BCUT2D eigenvalue weighted by atomic mass is 79.9. The molecular formula is C11H11BrOS. The molecule has 1 heterocycles. The van der Waals surface area contributed by atoms with Crippen molar-refractivity contribution in [2.24, 2.45) is 0 Å². The van der Waals surface area contributed by atoms with E-state index in [2.05, 4.69) is 34.1 Å². The lowest BCUT2D eigenvalue weighted by atomic mass is 10.1. The summed E-state index contributed by atoms with van der Waals surface area (Å²) in [7, 11) is 0. The van der Waals surface area contributed by atoms with Gasteiger partial charge in [-0.05, 0) is 23.3 Å². The molecule has 74 valence electrons. The molecule has 1 aliphatic heterocycles. The van der Waals surface area contributed by atoms with Crippen LogP contribution in [0.3, 0.4) is 0 Å². The fourth-order valence-corrected chi connectivity index (χ4v) is 3.90. The van der Waals surface area contributed by atoms with Gasteiger partial charge in [0.15, 0.2) is 0 Å². The zero-order valence-electron chi connectivity index (χ0n) is 7.75. The molecule has 3 heteroatoms. The van der Waals surface area contributed by atoms with Gasteiger partial charge in [-0.3, -0.25) is 0 Å². The van der Waals surface area contributed by atoms with Gasteiger partial charge in [-0.1, -0.05) is 22.0 Å². The van der Waals surface area contributed by atoms with Gasteiger partial charge in [0.25, 0.3) is 0 Å². The molecule has 0 saturated carbocycles. The zero-order valence-corrected chi connectivity index (χ0v) is 10.2. The van der Waals surface area contributed by atoms with E-state index in [1.807, 2.05) is 11.8 Å². The molecule has 14 heavy (non-hydrogen) atoms. The van der Waals surface area contributed by atoms with Crippen LogP contribution in [-0.4, -0.2) is 17.3 Å². The van der Waals surface area contributed by atoms with Gasteiger partial charge in [0.2, 0.25) is 0 Å². The number of ether oxygens (including phenoxy) is 1. The molecule has 1 fully saturated rings. The normalized spacial score (nSPS) is 29.8. The number of halogens is 1. The predicted octanol–water partition coefficient (Wildman–Crippen LogP) is 3.01. The SMILES string of the molecule is Brc1ccc2c(c1)CC1(C2)OCCS1. The Hall–Kier alpha value is 0.01000. The molecule has 1 unspecified atom stereocenters. The minimum Gasteiger partial charge on any atom is -0.363 e. The van der Waals surface area contributed by atoms with E-state index in [4.69, 9.17) is 4.74 Å². The quantitative estimate of drug-likeness (QED) is 0.717. The molecule has 0 amide bonds. The monoisotopic (exact) mass is 270 g/mol. The maximum absolute atomic E-state index is 5.87. The minimum absolute atomic E-state index is 0.0864. The summed E-state index contributed by atoms with van der Waals surface area (Å²) in [4.78, 5) is 0.0864. The van der Waals surface area contributed by atoms with Crippen molar-refractivity contribution in [2.75, 3.05) is 12.4 Å². The van der Waals surface area contributed by atoms with Crippen LogP contribution in [-0.2, 0) is 17.6 Å². The second-order valence-corrected chi connectivity index (χ2v) is 6.23. The van der Waals surface area contributed by atoms with Gasteiger partial charge < -0.3 is 4.74 Å². The average Bonchev–Trinajstić information content (AvgIpc) is 2.72. The van der Waals surface area contributed by atoms with Gasteiger partial charge in [-0.25, -0.2) is 0 Å². The van der Waals surface area contributed by atoms with Gasteiger partial charge >= 0.3 is 0 Å². The van der Waals surface area contributed by atoms with Crippen LogP contribution in [0.25, 0.3) is 0 Å². The smallest absolute Gasteiger partial charge is 0.121 e. The van der Waals surface area contributed by atoms with Crippen molar-refractivity contribution in [1.82, 2.24) is 0 Å². The minimum atomic E-state index is 0.0864. The van der Waals surface area contributed by atoms with E-state index in [9.17, 15) is 0 Å². The number of fused-ring (bicyclic) bond motifs is 1. The molecule has 1 nitrogen and oxygen atoms in total. The topological polar surface area (TPSA) is 9.23 Å². The molecule has 3 rings (SSSR count). The number of rotatable bonds is 0. The third kappa shape index (κ3) is 1.42. The van der Waals surface area contributed by atoms with Crippen molar-refractivity contribution in [2.45, 2.75) is 17.8 Å². The fourth-order valence-electron chi connectivity index (χ4n) is 2.28. The van der Waals surface area contributed by atoms with E-state index >= 15 is 0 Å². The van der Waals surface area contributed by atoms with Crippen LogP contribution < -0.4 is 0 Å². The van der Waals surface area contributed by atoms with Gasteiger partial charge in [-0.2, -0.15) is 0 Å². The Morgan fingerprint density at radius 1 is 1.29 bits per heavy atom. The summed E-state index contributed by atoms with van der Waals surface area (Å²) < 4.78 is 7.05. The lowest BCUT2D eigenvalue weighted by Gasteiger charge is -2.20. The molecule has 1 aromatic rings. The molecule has 1 spiro atoms. The van der Waals surface area contributed by atoms with Crippen molar-refractivity contribution in [3.8, 4) is 0 Å². The fraction of sp³-hybridized carbons (Fsp3) is 0.455. The second-order valence-electron chi connectivity index (χ2n) is 3.87. The number of thioether (sulfide) groups is 1. The Balaban J connectivity index is 1.96. The molecule has 1 atom stereocenters. The number of hydrogen-bond donors (Lipinski definition) is 0. The molecular weight excluding hydrogens is 260 g/mol. The maximum Gasteiger partial charge on any atom is 0.121 e. The van der Waals surface area contributed by atoms with Crippen LogP contribution >= 0.6 is 27.7 Å². The van der Waals surface area contributed by atoms with Crippen molar-refractivity contribution in [3.63, 3.8) is 0 Å². The van der Waals surface area contributed by atoms with E-state index in [-0.39, 0.29) is 4.93 Å². The third-order valence-electron chi connectivity index (χ3n) is 2.90. The first-order valence-corrected chi connectivity index (χ1v) is 6.61. The second kappa shape index (κ2) is 3.26. The van der Waals surface area contributed by atoms with Crippen LogP contribution in [0.1, 0.15) is 11.1 Å². The van der Waals surface area contributed by atoms with Crippen LogP contribution in [0.15, 0.2) is 22.7 Å². The Morgan fingerprint density at radius 3 is 2.93 bits per heavy atom.